The van der Waals surface area contributed by atoms with Crippen LogP contribution in [0.15, 0.2) is 75.6 Å². The number of nitrogens with one attached hydrogen (secondary N) is 1. The van der Waals surface area contributed by atoms with Gasteiger partial charge in [-0.3, -0.25) is 14.3 Å². The summed E-state index contributed by atoms with van der Waals surface area (Å²) in [5.74, 6) is -1.26. The molecule has 9 nitrogen and oxygen atoms in total. The van der Waals surface area contributed by atoms with E-state index in [1.54, 1.807) is 54.3 Å². The summed E-state index contributed by atoms with van der Waals surface area (Å²) in [6.45, 7) is 7.29. The maximum Gasteiger partial charge on any atom is 0.340 e. The zero-order valence-corrected chi connectivity index (χ0v) is 24.2. The Kier molecular flexibility index (Phi) is 7.59. The number of aromatic nitrogens is 4. The van der Waals surface area contributed by atoms with Gasteiger partial charge in [0.1, 0.15) is 21.9 Å². The number of benzene rings is 2. The fourth-order valence-corrected chi connectivity index (χ4v) is 6.40. The molecule has 1 N–H and O–H groups in total. The van der Waals surface area contributed by atoms with Crippen molar-refractivity contribution < 1.29 is 14.3 Å². The number of carbonyl (C=O) groups is 2. The highest BCUT2D eigenvalue weighted by atomic mass is 32.2. The first-order valence-corrected chi connectivity index (χ1v) is 14.1. The molecule has 5 rings (SSSR count). The molecule has 0 saturated carbocycles. The first-order valence-electron chi connectivity index (χ1n) is 12.5. The van der Waals surface area contributed by atoms with Crippen LogP contribution < -0.4 is 10.9 Å². The minimum atomic E-state index is -1.15. The van der Waals surface area contributed by atoms with E-state index in [0.29, 0.717) is 21.8 Å². The lowest BCUT2D eigenvalue weighted by molar-refractivity contribution is -0.123. The van der Waals surface area contributed by atoms with Crippen LogP contribution in [0.4, 0.5) is 5.69 Å². The molecule has 1 unspecified atom stereocenters. The van der Waals surface area contributed by atoms with E-state index in [1.807, 2.05) is 44.2 Å². The molecule has 0 bridgehead atoms. The summed E-state index contributed by atoms with van der Waals surface area (Å²) in [6, 6.07) is 16.2. The third-order valence-electron chi connectivity index (χ3n) is 6.70. The van der Waals surface area contributed by atoms with E-state index in [0.717, 1.165) is 25.7 Å². The minimum absolute atomic E-state index is 0.129. The maximum atomic E-state index is 13.2. The number of ether oxygens (including phenoxy) is 1. The minimum Gasteiger partial charge on any atom is -0.449 e. The van der Waals surface area contributed by atoms with E-state index >= 15 is 0 Å². The van der Waals surface area contributed by atoms with E-state index in [2.05, 4.69) is 15.3 Å². The molecule has 5 aromatic rings. The predicted molar refractivity (Wildman–Crippen MR) is 157 cm³/mol. The van der Waals surface area contributed by atoms with Gasteiger partial charge in [-0.2, -0.15) is 0 Å². The first kappa shape index (κ1) is 27.4. The molecule has 0 aliphatic heterocycles. The van der Waals surface area contributed by atoms with E-state index in [-0.39, 0.29) is 11.2 Å². The van der Waals surface area contributed by atoms with E-state index in [9.17, 15) is 14.4 Å². The van der Waals surface area contributed by atoms with Crippen molar-refractivity contribution in [1.82, 2.24) is 19.3 Å². The molecule has 2 aromatic carbocycles. The maximum absolute atomic E-state index is 13.2. The molecule has 0 aliphatic rings. The summed E-state index contributed by atoms with van der Waals surface area (Å²) in [5.41, 5.74) is 2.40. The van der Waals surface area contributed by atoms with Crippen LogP contribution in [-0.4, -0.2) is 37.3 Å². The van der Waals surface area contributed by atoms with Crippen molar-refractivity contribution in [2.24, 2.45) is 7.05 Å². The molecular formula is C29H27N5O4S2. The summed E-state index contributed by atoms with van der Waals surface area (Å²) in [5, 5.41) is 4.36. The van der Waals surface area contributed by atoms with Gasteiger partial charge in [-0.05, 0) is 57.5 Å². The van der Waals surface area contributed by atoms with Crippen LogP contribution in [0.25, 0.3) is 15.9 Å². The van der Waals surface area contributed by atoms with Crippen molar-refractivity contribution in [2.75, 3.05) is 5.32 Å². The third kappa shape index (κ3) is 5.05. The highest BCUT2D eigenvalue weighted by molar-refractivity contribution is 7.99. The molecule has 3 aromatic heterocycles. The standard InChI is InChI=1S/C29H27N5O4S2/c1-16-19(4)39-26-23(16)27(31-15-30-26)40-22-14-10-9-13-21(22)29(37)38-18(3)25(35)32-24-17(2)33(5)34(28(24)36)20-11-7-6-8-12-20/h6-15,18H,1-5H3,(H,32,35). The zero-order chi connectivity index (χ0) is 28.6. The van der Waals surface area contributed by atoms with Crippen LogP contribution in [-0.2, 0) is 16.6 Å². The van der Waals surface area contributed by atoms with Crippen molar-refractivity contribution in [3.8, 4) is 5.69 Å². The summed E-state index contributed by atoms with van der Waals surface area (Å²) in [4.78, 5) is 51.0. The quantitative estimate of drug-likeness (QED) is 0.204. The van der Waals surface area contributed by atoms with Gasteiger partial charge in [0, 0.05) is 22.2 Å². The highest BCUT2D eigenvalue weighted by Gasteiger charge is 2.25. The zero-order valence-electron chi connectivity index (χ0n) is 22.6. The Balaban J connectivity index is 1.35. The van der Waals surface area contributed by atoms with Gasteiger partial charge in [0.15, 0.2) is 6.10 Å². The number of carbonyl (C=O) groups excluding carboxylic acids is 2. The van der Waals surface area contributed by atoms with Crippen molar-refractivity contribution >= 4 is 50.9 Å². The Morgan fingerprint density at radius 3 is 2.48 bits per heavy atom. The van der Waals surface area contributed by atoms with Gasteiger partial charge >= 0.3 is 5.97 Å². The summed E-state index contributed by atoms with van der Waals surface area (Å²) < 4.78 is 8.69. The molecule has 11 heteroatoms. The fourth-order valence-electron chi connectivity index (χ4n) is 4.27. The van der Waals surface area contributed by atoms with Crippen LogP contribution in [0.5, 0.6) is 0 Å². The molecule has 40 heavy (non-hydrogen) atoms. The highest BCUT2D eigenvalue weighted by Crippen LogP contribution is 2.38. The largest absolute Gasteiger partial charge is 0.449 e. The fraction of sp³-hybridized carbons (Fsp3) is 0.207. The van der Waals surface area contributed by atoms with E-state index < -0.39 is 18.0 Å². The number of hydrogen-bond donors (Lipinski definition) is 1. The smallest absolute Gasteiger partial charge is 0.340 e. The van der Waals surface area contributed by atoms with Crippen LogP contribution >= 0.6 is 23.1 Å². The molecule has 1 amide bonds. The van der Waals surface area contributed by atoms with Gasteiger partial charge in [0.2, 0.25) is 0 Å². The number of esters is 1. The molecular weight excluding hydrogens is 546 g/mol. The van der Waals surface area contributed by atoms with Gasteiger partial charge in [0.05, 0.1) is 16.9 Å². The predicted octanol–water partition coefficient (Wildman–Crippen LogP) is 5.44. The van der Waals surface area contributed by atoms with E-state index in [1.165, 1.54) is 29.7 Å². The second-order valence-corrected chi connectivity index (χ2v) is 11.4. The number of fused-ring (bicyclic) bond motifs is 1. The lowest BCUT2D eigenvalue weighted by atomic mass is 10.2. The van der Waals surface area contributed by atoms with Crippen molar-refractivity contribution in [1.29, 1.82) is 0 Å². The molecule has 0 radical (unpaired) electrons. The molecule has 3 heterocycles. The Morgan fingerprint density at radius 2 is 1.73 bits per heavy atom. The number of thiophene rings is 1. The second kappa shape index (κ2) is 11.1. The van der Waals surface area contributed by atoms with Crippen LogP contribution in [0.2, 0.25) is 0 Å². The summed E-state index contributed by atoms with van der Waals surface area (Å²) in [7, 11) is 1.74. The molecule has 0 saturated heterocycles. The first-order chi connectivity index (χ1) is 19.2. The SMILES string of the molecule is Cc1sc2ncnc(Sc3ccccc3C(=O)OC(C)C(=O)Nc3c(C)n(C)n(-c4ccccc4)c3=O)c2c1C. The lowest BCUT2D eigenvalue weighted by Crippen LogP contribution is -2.32. The Labute approximate surface area is 238 Å². The molecule has 0 aliphatic carbocycles. The average Bonchev–Trinajstić information content (AvgIpc) is 3.36. The van der Waals surface area contributed by atoms with Crippen LogP contribution in [0.3, 0.4) is 0 Å². The van der Waals surface area contributed by atoms with Crippen LogP contribution in [0, 0.1) is 20.8 Å². The number of anilines is 1. The average molecular weight is 574 g/mol. The molecule has 0 fully saturated rings. The van der Waals surface area contributed by atoms with Gasteiger partial charge in [-0.15, -0.1) is 11.3 Å². The molecule has 204 valence electrons. The number of nitrogens with zero attached hydrogens (tertiary/aromatic N) is 4. The van der Waals surface area contributed by atoms with Crippen molar-refractivity contribution in [3.05, 3.63) is 93.0 Å². The van der Waals surface area contributed by atoms with Gasteiger partial charge in [-0.25, -0.2) is 19.4 Å². The number of amides is 1. The van der Waals surface area contributed by atoms with Gasteiger partial charge in [0.25, 0.3) is 11.5 Å². The lowest BCUT2D eigenvalue weighted by Gasteiger charge is -2.14. The monoisotopic (exact) mass is 573 g/mol. The normalized spacial score (nSPS) is 11.9. The third-order valence-corrected chi connectivity index (χ3v) is 8.89. The summed E-state index contributed by atoms with van der Waals surface area (Å²) >= 11 is 2.95. The summed E-state index contributed by atoms with van der Waals surface area (Å²) in [6.07, 6.45) is 0.368. The van der Waals surface area contributed by atoms with Crippen molar-refractivity contribution in [3.63, 3.8) is 0 Å². The Hall–Kier alpha value is -4.22. The Morgan fingerprint density at radius 1 is 1.02 bits per heavy atom. The second-order valence-electron chi connectivity index (χ2n) is 9.21. The Bertz CT molecular complexity index is 1810. The van der Waals surface area contributed by atoms with Crippen LogP contribution in [0.1, 0.15) is 33.4 Å². The topological polar surface area (TPSA) is 108 Å². The number of rotatable bonds is 7. The molecule has 0 spiro atoms. The number of hydrogen-bond acceptors (Lipinski definition) is 8. The number of aryl methyl sites for hydroxylation is 2. The van der Waals surface area contributed by atoms with E-state index in [4.69, 9.17) is 4.74 Å². The van der Waals surface area contributed by atoms with Crippen molar-refractivity contribution in [2.45, 2.75) is 43.7 Å². The van der Waals surface area contributed by atoms with Gasteiger partial charge < -0.3 is 10.1 Å². The molecule has 1 atom stereocenters. The number of para-hydroxylation sites is 1. The van der Waals surface area contributed by atoms with Gasteiger partial charge in [-0.1, -0.05) is 42.1 Å².